The second-order valence-corrected chi connectivity index (χ2v) is 7.47. The fraction of sp³-hybridized carbons (Fsp3) is 1.00. The minimum absolute atomic E-state index is 0.227. The van der Waals surface area contributed by atoms with Gasteiger partial charge < -0.3 is 13.3 Å². The van der Waals surface area contributed by atoms with Gasteiger partial charge in [-0.1, -0.05) is 0 Å². The van der Waals surface area contributed by atoms with E-state index < -0.39 is 8.80 Å². The van der Waals surface area contributed by atoms with Crippen molar-refractivity contribution in [2.24, 2.45) is 0 Å². The van der Waals surface area contributed by atoms with Crippen LogP contribution in [0.1, 0.15) is 27.2 Å². The summed E-state index contributed by atoms with van der Waals surface area (Å²) in [6, 6.07) is 0.820. The highest BCUT2D eigenvalue weighted by atomic mass is 32.1. The van der Waals surface area contributed by atoms with Crippen LogP contribution in [0.15, 0.2) is 0 Å². The van der Waals surface area contributed by atoms with Crippen LogP contribution >= 0.6 is 12.6 Å². The standard InChI is InChI=1S/C9H22O3SSi/c1-9(2,3)12-14(10-4,11-5)8-6-7-13/h13H,6-8H2,1-5H3. The van der Waals surface area contributed by atoms with Crippen LogP contribution in [-0.4, -0.2) is 34.4 Å². The maximum absolute atomic E-state index is 5.89. The first-order valence-corrected chi connectivity index (χ1v) is 7.37. The summed E-state index contributed by atoms with van der Waals surface area (Å²) < 4.78 is 16.7. The molecule has 0 aliphatic rings. The highest BCUT2D eigenvalue weighted by Gasteiger charge is 2.41. The quantitative estimate of drug-likeness (QED) is 0.568. The topological polar surface area (TPSA) is 27.7 Å². The monoisotopic (exact) mass is 238 g/mol. The minimum Gasteiger partial charge on any atom is -0.377 e. The van der Waals surface area contributed by atoms with E-state index in [1.165, 1.54) is 0 Å². The van der Waals surface area contributed by atoms with Crippen LogP contribution in [0, 0.1) is 0 Å². The summed E-state index contributed by atoms with van der Waals surface area (Å²) in [7, 11) is 0.857. The molecule has 0 amide bonds. The van der Waals surface area contributed by atoms with E-state index in [1.54, 1.807) is 14.2 Å². The molecule has 0 spiro atoms. The van der Waals surface area contributed by atoms with Crippen molar-refractivity contribution in [3.05, 3.63) is 0 Å². The molecular formula is C9H22O3SSi. The average molecular weight is 238 g/mol. The smallest absolute Gasteiger partial charge is 0.377 e. The van der Waals surface area contributed by atoms with Gasteiger partial charge >= 0.3 is 8.80 Å². The molecule has 0 aliphatic carbocycles. The molecule has 0 rings (SSSR count). The molecule has 14 heavy (non-hydrogen) atoms. The summed E-state index contributed by atoms with van der Waals surface area (Å²) in [5, 5.41) is 0. The van der Waals surface area contributed by atoms with Gasteiger partial charge in [-0.25, -0.2) is 0 Å². The first kappa shape index (κ1) is 14.4. The summed E-state index contributed by atoms with van der Waals surface area (Å²) in [4.78, 5) is 0. The molecule has 0 aliphatic heterocycles. The van der Waals surface area contributed by atoms with E-state index in [0.717, 1.165) is 18.2 Å². The lowest BCUT2D eigenvalue weighted by Gasteiger charge is -2.33. The zero-order valence-electron chi connectivity index (χ0n) is 9.79. The third-order valence-electron chi connectivity index (χ3n) is 1.72. The molecule has 0 aromatic heterocycles. The van der Waals surface area contributed by atoms with Crippen molar-refractivity contribution >= 4 is 21.4 Å². The fourth-order valence-corrected chi connectivity index (χ4v) is 4.03. The lowest BCUT2D eigenvalue weighted by atomic mass is 10.2. The molecule has 0 aromatic rings. The van der Waals surface area contributed by atoms with E-state index in [2.05, 4.69) is 12.6 Å². The van der Waals surface area contributed by atoms with Gasteiger partial charge in [0.15, 0.2) is 0 Å². The minimum atomic E-state index is -2.45. The van der Waals surface area contributed by atoms with Crippen molar-refractivity contribution < 1.29 is 13.3 Å². The van der Waals surface area contributed by atoms with Crippen LogP contribution < -0.4 is 0 Å². The van der Waals surface area contributed by atoms with Gasteiger partial charge in [-0.3, -0.25) is 0 Å². The average Bonchev–Trinajstić information content (AvgIpc) is 2.10. The van der Waals surface area contributed by atoms with Gasteiger partial charge in [-0.05, 0) is 32.9 Å². The number of rotatable bonds is 6. The Morgan fingerprint density at radius 1 is 1.14 bits per heavy atom. The summed E-state index contributed by atoms with van der Waals surface area (Å²) >= 11 is 4.18. The van der Waals surface area contributed by atoms with E-state index in [1.807, 2.05) is 20.8 Å². The van der Waals surface area contributed by atoms with Crippen molar-refractivity contribution in [2.75, 3.05) is 20.0 Å². The van der Waals surface area contributed by atoms with Gasteiger partial charge in [-0.15, -0.1) is 0 Å². The Bertz CT molecular complexity index is 155. The maximum Gasteiger partial charge on any atom is 0.500 e. The van der Waals surface area contributed by atoms with E-state index >= 15 is 0 Å². The number of thiol groups is 1. The molecule has 3 nitrogen and oxygen atoms in total. The third kappa shape index (κ3) is 5.36. The Balaban J connectivity index is 4.36. The zero-order valence-corrected chi connectivity index (χ0v) is 11.7. The van der Waals surface area contributed by atoms with Crippen molar-refractivity contribution in [1.82, 2.24) is 0 Å². The lowest BCUT2D eigenvalue weighted by Crippen LogP contribution is -2.49. The predicted octanol–water partition coefficient (Wildman–Crippen LogP) is 2.35. The van der Waals surface area contributed by atoms with Gasteiger partial charge in [0, 0.05) is 20.3 Å². The Hall–Kier alpha value is 0.447. The van der Waals surface area contributed by atoms with Crippen LogP contribution in [-0.2, 0) is 13.3 Å². The van der Waals surface area contributed by atoms with Crippen molar-refractivity contribution in [1.29, 1.82) is 0 Å². The van der Waals surface area contributed by atoms with Crippen molar-refractivity contribution in [2.45, 2.75) is 38.8 Å². The highest BCUT2D eigenvalue weighted by molar-refractivity contribution is 7.80. The molecule has 0 fully saturated rings. The molecule has 0 atom stereocenters. The van der Waals surface area contributed by atoms with E-state index in [-0.39, 0.29) is 5.60 Å². The SMILES string of the molecule is CO[Si](CCCS)(OC)OC(C)(C)C. The summed E-state index contributed by atoms with van der Waals surface area (Å²) in [6.45, 7) is 6.02. The van der Waals surface area contributed by atoms with Crippen LogP contribution in [0.2, 0.25) is 6.04 Å². The first-order valence-electron chi connectivity index (χ1n) is 4.80. The van der Waals surface area contributed by atoms with Gasteiger partial charge in [0.2, 0.25) is 0 Å². The molecule has 0 saturated heterocycles. The Morgan fingerprint density at radius 2 is 1.64 bits per heavy atom. The zero-order chi connectivity index (χ0) is 11.2. The second kappa shape index (κ2) is 6.12. The van der Waals surface area contributed by atoms with Crippen LogP contribution in [0.25, 0.3) is 0 Å². The van der Waals surface area contributed by atoms with Crippen molar-refractivity contribution in [3.8, 4) is 0 Å². The van der Waals surface area contributed by atoms with Crippen LogP contribution in [0.3, 0.4) is 0 Å². The van der Waals surface area contributed by atoms with Crippen LogP contribution in [0.4, 0.5) is 0 Å². The number of hydrogen-bond acceptors (Lipinski definition) is 4. The van der Waals surface area contributed by atoms with E-state index in [4.69, 9.17) is 13.3 Å². The molecule has 0 N–H and O–H groups in total. The number of hydrogen-bond donors (Lipinski definition) is 1. The Kier molecular flexibility index (Phi) is 6.32. The predicted molar refractivity (Wildman–Crippen MR) is 63.9 cm³/mol. The summed E-state index contributed by atoms with van der Waals surface area (Å²) in [5.41, 5.74) is -0.227. The van der Waals surface area contributed by atoms with E-state index in [9.17, 15) is 0 Å². The molecule has 0 bridgehead atoms. The van der Waals surface area contributed by atoms with Crippen LogP contribution in [0.5, 0.6) is 0 Å². The second-order valence-electron chi connectivity index (χ2n) is 4.13. The molecule has 0 unspecified atom stereocenters. The molecule has 86 valence electrons. The van der Waals surface area contributed by atoms with Gasteiger partial charge in [0.25, 0.3) is 0 Å². The summed E-state index contributed by atoms with van der Waals surface area (Å²) in [6.07, 6.45) is 0.951. The highest BCUT2D eigenvalue weighted by Crippen LogP contribution is 2.23. The van der Waals surface area contributed by atoms with Gasteiger partial charge in [0.1, 0.15) is 0 Å². The normalized spacial score (nSPS) is 13.3. The first-order chi connectivity index (χ1) is 6.39. The molecule has 0 heterocycles. The molecule has 0 aromatic carbocycles. The fourth-order valence-electron chi connectivity index (χ4n) is 1.18. The summed E-state index contributed by atoms with van der Waals surface area (Å²) in [5.74, 6) is 0.828. The Labute approximate surface area is 93.9 Å². The molecular weight excluding hydrogens is 216 g/mol. The molecule has 0 radical (unpaired) electrons. The maximum atomic E-state index is 5.89. The third-order valence-corrected chi connectivity index (χ3v) is 5.17. The Morgan fingerprint density at radius 3 is 1.93 bits per heavy atom. The molecule has 0 saturated carbocycles. The lowest BCUT2D eigenvalue weighted by molar-refractivity contribution is 0.0165. The van der Waals surface area contributed by atoms with Gasteiger partial charge in [-0.2, -0.15) is 12.6 Å². The molecule has 5 heteroatoms. The largest absolute Gasteiger partial charge is 0.500 e. The van der Waals surface area contributed by atoms with E-state index in [0.29, 0.717) is 0 Å². The van der Waals surface area contributed by atoms with Gasteiger partial charge in [0.05, 0.1) is 5.60 Å². The van der Waals surface area contributed by atoms with Crippen molar-refractivity contribution in [3.63, 3.8) is 0 Å².